The van der Waals surface area contributed by atoms with Gasteiger partial charge in [0.2, 0.25) is 6.20 Å². The second-order valence-electron chi connectivity index (χ2n) is 3.85. The number of nitrogens with zero attached hydrogens (tertiary/aromatic N) is 1. The van der Waals surface area contributed by atoms with E-state index in [1.165, 1.54) is 6.20 Å². The van der Waals surface area contributed by atoms with Crippen molar-refractivity contribution in [2.24, 2.45) is 0 Å². The average Bonchev–Trinajstić information content (AvgIpc) is 2.35. The van der Waals surface area contributed by atoms with Gasteiger partial charge in [-0.2, -0.15) is 0 Å². The van der Waals surface area contributed by atoms with Gasteiger partial charge >= 0.3 is 6.17 Å². The van der Waals surface area contributed by atoms with Crippen LogP contribution in [0.1, 0.15) is 17.3 Å². The molecule has 0 saturated heterocycles. The fourth-order valence-electron chi connectivity index (χ4n) is 1.63. The minimum Gasteiger partial charge on any atom is -0.287 e. The summed E-state index contributed by atoms with van der Waals surface area (Å²) in [5.41, 5.74) is 1.36. The van der Waals surface area contributed by atoms with E-state index in [1.807, 2.05) is 19.1 Å². The van der Waals surface area contributed by atoms with Crippen LogP contribution in [0.5, 0.6) is 0 Å². The maximum atomic E-state index is 11.9. The molecule has 1 N–H and O–H groups in total. The highest BCUT2D eigenvalue weighted by atomic mass is 16.3. The Balaban J connectivity index is 2.12. The molecule has 1 atom stereocenters. The molecule has 1 unspecified atom stereocenters. The van der Waals surface area contributed by atoms with E-state index in [0.29, 0.717) is 5.56 Å². The van der Waals surface area contributed by atoms with Gasteiger partial charge in [0.15, 0.2) is 0 Å². The van der Waals surface area contributed by atoms with Crippen molar-refractivity contribution in [3.63, 3.8) is 0 Å². The summed E-state index contributed by atoms with van der Waals surface area (Å²) in [6.45, 7) is 1.81. The monoisotopic (exact) mass is 229 g/mol. The number of nitroso groups, excluding NO2 is 1. The quantitative estimate of drug-likeness (QED) is 0.788. The molecular weight excluding hydrogens is 216 g/mol. The van der Waals surface area contributed by atoms with Crippen molar-refractivity contribution in [1.82, 2.24) is 5.32 Å². The highest BCUT2D eigenvalue weighted by Crippen LogP contribution is 2.10. The minimum atomic E-state index is -0.618. The van der Waals surface area contributed by atoms with Crippen molar-refractivity contribution in [3.05, 3.63) is 64.7 Å². The summed E-state index contributed by atoms with van der Waals surface area (Å²) >= 11 is 0. The molecule has 0 bridgehead atoms. The van der Waals surface area contributed by atoms with Crippen molar-refractivity contribution in [2.75, 3.05) is 0 Å². The molecule has 0 aromatic heterocycles. The smallest absolute Gasteiger partial charge is 0.287 e. The number of nitrogens with one attached hydrogen (secondary N) is 1. The molecule has 1 amide bonds. The zero-order chi connectivity index (χ0) is 12.3. The molecule has 86 valence electrons. The van der Waals surface area contributed by atoms with Crippen LogP contribution in [0, 0.1) is 4.91 Å². The lowest BCUT2D eigenvalue weighted by atomic mass is 10.1. The number of carbonyl (C=O) groups excluding carboxylic acids is 1. The molecule has 0 aliphatic carbocycles. The van der Waals surface area contributed by atoms with Crippen molar-refractivity contribution < 1.29 is 9.55 Å². The predicted octanol–water partition coefficient (Wildman–Crippen LogP) is 2.00. The number of hydrogen-bond donors (Lipinski definition) is 1. The molecule has 0 radical (unpaired) electrons. The molecule has 1 heterocycles. The van der Waals surface area contributed by atoms with Gasteiger partial charge in [0.1, 0.15) is 0 Å². The van der Waals surface area contributed by atoms with Crippen LogP contribution in [0.4, 0.5) is 0 Å². The fraction of sp³-hybridized carbons (Fsp3) is 0.154. The van der Waals surface area contributed by atoms with Gasteiger partial charge in [-0.15, -0.1) is 0 Å². The summed E-state index contributed by atoms with van der Waals surface area (Å²) in [7, 11) is 0. The van der Waals surface area contributed by atoms with Crippen LogP contribution < -0.4 is 5.32 Å². The largest absolute Gasteiger partial charge is 0.304 e. The Morgan fingerprint density at radius 1 is 1.29 bits per heavy atom. The lowest BCUT2D eigenvalue weighted by Crippen LogP contribution is -2.42. The van der Waals surface area contributed by atoms with Gasteiger partial charge < -0.3 is 0 Å². The van der Waals surface area contributed by atoms with Crippen molar-refractivity contribution in [1.29, 1.82) is 0 Å². The van der Waals surface area contributed by atoms with Gasteiger partial charge in [-0.05, 0) is 25.1 Å². The normalized spacial score (nSPS) is 18.8. The minimum absolute atomic E-state index is 0.250. The number of carbonyl (C=O) groups is 1. The SMILES string of the molecule is CC1=CC=C[N+](=O)C1NC(=O)c1ccccc1. The lowest BCUT2D eigenvalue weighted by Gasteiger charge is -2.12. The Kier molecular flexibility index (Phi) is 3.14. The van der Waals surface area contributed by atoms with Gasteiger partial charge in [0.25, 0.3) is 5.91 Å². The summed E-state index contributed by atoms with van der Waals surface area (Å²) in [6.07, 6.45) is 4.24. The van der Waals surface area contributed by atoms with E-state index >= 15 is 0 Å². The molecule has 0 spiro atoms. The summed E-state index contributed by atoms with van der Waals surface area (Å²) < 4.78 is 0.732. The maximum Gasteiger partial charge on any atom is 0.304 e. The molecule has 1 aromatic carbocycles. The third kappa shape index (κ3) is 2.47. The molecule has 0 saturated carbocycles. The summed E-state index contributed by atoms with van der Waals surface area (Å²) in [5.74, 6) is -0.250. The average molecular weight is 229 g/mol. The van der Waals surface area contributed by atoms with Gasteiger partial charge in [0, 0.05) is 22.1 Å². The van der Waals surface area contributed by atoms with Crippen molar-refractivity contribution in [3.8, 4) is 0 Å². The van der Waals surface area contributed by atoms with Crippen molar-refractivity contribution in [2.45, 2.75) is 13.1 Å². The van der Waals surface area contributed by atoms with Gasteiger partial charge in [-0.3, -0.25) is 10.1 Å². The second-order valence-corrected chi connectivity index (χ2v) is 3.85. The zero-order valence-electron chi connectivity index (χ0n) is 9.46. The molecule has 1 aromatic rings. The van der Waals surface area contributed by atoms with E-state index < -0.39 is 6.17 Å². The van der Waals surface area contributed by atoms with Crippen LogP contribution in [-0.4, -0.2) is 16.8 Å². The maximum absolute atomic E-state index is 11.9. The van der Waals surface area contributed by atoms with E-state index in [2.05, 4.69) is 5.32 Å². The summed E-state index contributed by atoms with van der Waals surface area (Å²) in [6, 6.07) is 8.83. The number of rotatable bonds is 2. The highest BCUT2D eigenvalue weighted by molar-refractivity contribution is 5.94. The Morgan fingerprint density at radius 3 is 2.65 bits per heavy atom. The van der Waals surface area contributed by atoms with E-state index in [-0.39, 0.29) is 5.91 Å². The molecule has 17 heavy (non-hydrogen) atoms. The Hall–Kier alpha value is -2.23. The topological polar surface area (TPSA) is 49.2 Å². The van der Waals surface area contributed by atoms with Crippen molar-refractivity contribution >= 4 is 5.91 Å². The summed E-state index contributed by atoms with van der Waals surface area (Å²) in [5, 5.41) is 2.69. The first-order valence-corrected chi connectivity index (χ1v) is 5.35. The first-order chi connectivity index (χ1) is 8.18. The third-order valence-electron chi connectivity index (χ3n) is 2.58. The van der Waals surface area contributed by atoms with E-state index in [0.717, 1.165) is 10.3 Å². The molecule has 0 fully saturated rings. The zero-order valence-corrected chi connectivity index (χ0v) is 9.46. The molecule has 2 rings (SSSR count). The molecular formula is C13H13N2O2+. The van der Waals surface area contributed by atoms with Gasteiger partial charge in [-0.25, -0.2) is 0 Å². The number of allylic oxidation sites excluding steroid dienone is 2. The Morgan fingerprint density at radius 2 is 2.00 bits per heavy atom. The summed E-state index contributed by atoms with van der Waals surface area (Å²) in [4.78, 5) is 23.4. The molecule has 4 nitrogen and oxygen atoms in total. The third-order valence-corrected chi connectivity index (χ3v) is 2.58. The van der Waals surface area contributed by atoms with Crippen LogP contribution in [0.2, 0.25) is 0 Å². The van der Waals surface area contributed by atoms with Crippen LogP contribution in [0.15, 0.2) is 54.3 Å². The Bertz CT molecular complexity index is 503. The molecule has 1 aliphatic heterocycles. The molecule has 4 heteroatoms. The number of hydrogen-bond acceptors (Lipinski definition) is 2. The van der Waals surface area contributed by atoms with Crippen LogP contribution in [-0.2, 0) is 0 Å². The lowest BCUT2D eigenvalue weighted by molar-refractivity contribution is -0.516. The first-order valence-electron chi connectivity index (χ1n) is 5.35. The van der Waals surface area contributed by atoms with E-state index in [1.54, 1.807) is 30.3 Å². The van der Waals surface area contributed by atoms with Gasteiger partial charge in [-0.1, -0.05) is 18.2 Å². The second kappa shape index (κ2) is 4.74. The Labute approximate surface area is 99.2 Å². The van der Waals surface area contributed by atoms with Crippen LogP contribution in [0.3, 0.4) is 0 Å². The highest BCUT2D eigenvalue weighted by Gasteiger charge is 2.29. The number of benzene rings is 1. The van der Waals surface area contributed by atoms with E-state index in [4.69, 9.17) is 0 Å². The van der Waals surface area contributed by atoms with E-state index in [9.17, 15) is 9.70 Å². The first kappa shape index (κ1) is 11.3. The number of amides is 1. The standard InChI is InChI=1S/C13H12N2O2/c1-10-6-5-9-15(17)12(10)14-13(16)11-7-3-2-4-8-11/h2-9,12H,1H3/p+1. The predicted molar refractivity (Wildman–Crippen MR) is 64.2 cm³/mol. The van der Waals surface area contributed by atoms with Gasteiger partial charge in [0.05, 0.1) is 4.76 Å². The fourth-order valence-corrected chi connectivity index (χ4v) is 1.63. The van der Waals surface area contributed by atoms with Crippen LogP contribution in [0.25, 0.3) is 0 Å². The van der Waals surface area contributed by atoms with Crippen LogP contribution >= 0.6 is 0 Å². The molecule has 1 aliphatic rings.